The molecule has 0 aromatic heterocycles. The third-order valence-corrected chi connectivity index (χ3v) is 8.77. The molecule has 1 fully saturated rings. The van der Waals surface area contributed by atoms with Crippen LogP contribution in [0.15, 0.2) is 72.9 Å². The van der Waals surface area contributed by atoms with Crippen LogP contribution in [0.2, 0.25) is 0 Å². The second-order valence-electron chi connectivity index (χ2n) is 13.1. The average molecular weight is 785 g/mol. The van der Waals surface area contributed by atoms with Gasteiger partial charge in [0.15, 0.2) is 6.29 Å². The molecule has 0 saturated carbocycles. The predicted molar refractivity (Wildman–Crippen MR) is 211 cm³/mol. The van der Waals surface area contributed by atoms with Crippen LogP contribution in [-0.4, -0.2) is 97.5 Å². The largest absolute Gasteiger partial charge is 0.457 e. The molecule has 0 aromatic rings. The Hall–Kier alpha value is -2.46. The van der Waals surface area contributed by atoms with Gasteiger partial charge in [0.1, 0.15) is 30.5 Å². The highest BCUT2D eigenvalue weighted by Crippen LogP contribution is 2.26. The zero-order valence-electron chi connectivity index (χ0n) is 32.5. The summed E-state index contributed by atoms with van der Waals surface area (Å²) in [5.41, 5.74) is 0. The first kappa shape index (κ1) is 49.6. The number of hydrogen-bond acceptors (Lipinski definition) is 11. The van der Waals surface area contributed by atoms with Crippen molar-refractivity contribution in [1.82, 2.24) is 0 Å². The molecule has 0 bridgehead atoms. The fraction of sp³-hybridized carbons (Fsp3) is 0.683. The number of esters is 1. The van der Waals surface area contributed by atoms with E-state index >= 15 is 0 Å². The molecule has 1 rings (SSSR count). The predicted octanol–water partition coefficient (Wildman–Crippen LogP) is 7.18. The summed E-state index contributed by atoms with van der Waals surface area (Å²) in [6, 6.07) is 0. The van der Waals surface area contributed by atoms with Crippen LogP contribution < -0.4 is 0 Å². The Morgan fingerprint density at radius 2 is 1.28 bits per heavy atom. The minimum atomic E-state index is -5.07. The molecule has 1 aliphatic heterocycles. The van der Waals surface area contributed by atoms with Crippen molar-refractivity contribution >= 4 is 16.4 Å². The Kier molecular flexibility index (Phi) is 30.1. The highest BCUT2D eigenvalue weighted by molar-refractivity contribution is 7.80. The van der Waals surface area contributed by atoms with Crippen molar-refractivity contribution in [3.63, 3.8) is 0 Å². The van der Waals surface area contributed by atoms with Crippen LogP contribution in [0.25, 0.3) is 0 Å². The minimum absolute atomic E-state index is 0.00447. The van der Waals surface area contributed by atoms with E-state index in [-0.39, 0.29) is 19.6 Å². The number of aliphatic hydroxyl groups is 3. The quantitative estimate of drug-likeness (QED) is 0.0234. The van der Waals surface area contributed by atoms with Crippen molar-refractivity contribution in [3.05, 3.63) is 72.9 Å². The highest BCUT2D eigenvalue weighted by atomic mass is 32.3. The smallest absolute Gasteiger partial charge is 0.397 e. The summed E-state index contributed by atoms with van der Waals surface area (Å²) in [5.74, 6) is -0.487. The lowest BCUT2D eigenvalue weighted by Crippen LogP contribution is -2.60. The number of carbonyl (C=O) groups excluding carboxylic acids is 1. The number of aliphatic hydroxyl groups excluding tert-OH is 3. The van der Waals surface area contributed by atoms with Gasteiger partial charge in [-0.1, -0.05) is 119 Å². The monoisotopic (exact) mass is 784 g/mol. The van der Waals surface area contributed by atoms with E-state index in [1.165, 1.54) is 19.3 Å². The third kappa shape index (κ3) is 26.4. The Morgan fingerprint density at radius 3 is 1.87 bits per heavy atom. The molecule has 54 heavy (non-hydrogen) atoms. The molecule has 0 aromatic carbocycles. The van der Waals surface area contributed by atoms with Crippen molar-refractivity contribution in [2.24, 2.45) is 0 Å². The van der Waals surface area contributed by atoms with Crippen molar-refractivity contribution in [2.45, 2.75) is 153 Å². The molecule has 310 valence electrons. The average Bonchev–Trinajstić information content (AvgIpc) is 3.14. The first-order valence-corrected chi connectivity index (χ1v) is 21.1. The minimum Gasteiger partial charge on any atom is -0.457 e. The summed E-state index contributed by atoms with van der Waals surface area (Å²) in [6.07, 6.45) is 31.0. The van der Waals surface area contributed by atoms with Crippen LogP contribution in [0.1, 0.15) is 117 Å². The summed E-state index contributed by atoms with van der Waals surface area (Å²) in [5, 5.41) is 30.5. The standard InChI is InChI=1S/C41H68O12S/c1-3-5-7-9-11-13-15-17-19-21-23-25-27-29-31-49-33-35(34-50-41-39(45)40(53-54(46,47)48)38(44)36(32-42)52-41)51-37(43)30-28-26-24-22-20-18-16-14-12-10-8-6-4-2/h6-9,12-15,18,20,24,26,35-36,38-42,44-45H,3-5,10-11,16-17,19,21-23,25,27-34H2,1-2H3,(H,46,47,48)/b8-6-,9-7-,14-12-,15-13-,20-18-,26-24-. The lowest BCUT2D eigenvalue weighted by atomic mass is 9.99. The molecular weight excluding hydrogens is 717 g/mol. The molecule has 1 saturated heterocycles. The number of rotatable bonds is 32. The van der Waals surface area contributed by atoms with Crippen molar-refractivity contribution < 1.29 is 56.2 Å². The van der Waals surface area contributed by atoms with Gasteiger partial charge in [-0.3, -0.25) is 9.35 Å². The second-order valence-corrected chi connectivity index (χ2v) is 14.2. The van der Waals surface area contributed by atoms with Gasteiger partial charge in [-0.25, -0.2) is 4.18 Å². The van der Waals surface area contributed by atoms with E-state index in [2.05, 4.69) is 78.8 Å². The van der Waals surface area contributed by atoms with Crippen molar-refractivity contribution in [3.8, 4) is 0 Å². The van der Waals surface area contributed by atoms with Gasteiger partial charge in [-0.2, -0.15) is 8.42 Å². The summed E-state index contributed by atoms with van der Waals surface area (Å²) in [4.78, 5) is 12.7. The van der Waals surface area contributed by atoms with Gasteiger partial charge in [0.05, 0.1) is 19.8 Å². The van der Waals surface area contributed by atoms with E-state index in [1.54, 1.807) is 0 Å². The molecule has 1 heterocycles. The number of hydrogen-bond donors (Lipinski definition) is 4. The molecular formula is C41H68O12S. The maximum atomic E-state index is 12.7. The van der Waals surface area contributed by atoms with Gasteiger partial charge in [0, 0.05) is 13.0 Å². The maximum Gasteiger partial charge on any atom is 0.397 e. The van der Waals surface area contributed by atoms with Crippen LogP contribution in [-0.2, 0) is 38.3 Å². The topological polar surface area (TPSA) is 178 Å². The Bertz CT molecular complexity index is 1230. The lowest BCUT2D eigenvalue weighted by Gasteiger charge is -2.41. The SMILES string of the molecule is CC/C=C\C/C=C\C/C=C\C/C=C\CCC(=O)OC(COCCCCCCCC/C=C\C/C=C\CCC)COC1OC(CO)C(O)C(OS(=O)(=O)O)C1O. The molecule has 6 atom stereocenters. The van der Waals surface area contributed by atoms with Gasteiger partial charge < -0.3 is 34.3 Å². The van der Waals surface area contributed by atoms with Gasteiger partial charge in [-0.05, 0) is 64.2 Å². The molecule has 0 radical (unpaired) electrons. The van der Waals surface area contributed by atoms with Crippen LogP contribution in [0, 0.1) is 0 Å². The number of allylic oxidation sites excluding steroid dienone is 12. The molecule has 12 nitrogen and oxygen atoms in total. The number of carbonyl (C=O) groups is 1. The molecule has 0 aliphatic carbocycles. The fourth-order valence-electron chi connectivity index (χ4n) is 5.37. The van der Waals surface area contributed by atoms with Gasteiger partial charge in [0.2, 0.25) is 0 Å². The second kappa shape index (κ2) is 32.8. The first-order chi connectivity index (χ1) is 26.1. The van der Waals surface area contributed by atoms with E-state index in [4.69, 9.17) is 23.5 Å². The Labute approximate surface area is 324 Å². The zero-order valence-corrected chi connectivity index (χ0v) is 33.3. The third-order valence-electron chi connectivity index (χ3n) is 8.31. The highest BCUT2D eigenvalue weighted by Gasteiger charge is 2.48. The fourth-order valence-corrected chi connectivity index (χ4v) is 5.88. The van der Waals surface area contributed by atoms with Crippen LogP contribution in [0.5, 0.6) is 0 Å². The van der Waals surface area contributed by atoms with E-state index < -0.39 is 59.8 Å². The first-order valence-electron chi connectivity index (χ1n) is 19.7. The van der Waals surface area contributed by atoms with Gasteiger partial charge in [0.25, 0.3) is 0 Å². The Balaban J connectivity index is 2.56. The molecule has 0 amide bonds. The summed E-state index contributed by atoms with van der Waals surface area (Å²) >= 11 is 0. The molecule has 13 heteroatoms. The summed E-state index contributed by atoms with van der Waals surface area (Å²) in [7, 11) is -5.07. The molecule has 4 N–H and O–H groups in total. The van der Waals surface area contributed by atoms with E-state index in [1.807, 2.05) is 12.2 Å². The summed E-state index contributed by atoms with van der Waals surface area (Å²) < 4.78 is 58.7. The summed E-state index contributed by atoms with van der Waals surface area (Å²) in [6.45, 7) is 3.65. The van der Waals surface area contributed by atoms with Gasteiger partial charge in [-0.15, -0.1) is 0 Å². The van der Waals surface area contributed by atoms with E-state index in [0.717, 1.165) is 70.6 Å². The van der Waals surface area contributed by atoms with E-state index in [0.29, 0.717) is 13.0 Å². The normalized spacial score (nSPS) is 21.9. The van der Waals surface area contributed by atoms with Crippen molar-refractivity contribution in [2.75, 3.05) is 26.4 Å². The van der Waals surface area contributed by atoms with Gasteiger partial charge >= 0.3 is 16.4 Å². The molecule has 0 spiro atoms. The zero-order chi connectivity index (χ0) is 39.7. The molecule has 6 unspecified atom stereocenters. The lowest BCUT2D eigenvalue weighted by molar-refractivity contribution is -0.301. The number of unbranched alkanes of at least 4 members (excludes halogenated alkanes) is 7. The van der Waals surface area contributed by atoms with Crippen LogP contribution >= 0.6 is 0 Å². The van der Waals surface area contributed by atoms with E-state index in [9.17, 15) is 28.5 Å². The molecule has 1 aliphatic rings. The maximum absolute atomic E-state index is 12.7. The Morgan fingerprint density at radius 1 is 0.722 bits per heavy atom. The van der Waals surface area contributed by atoms with Crippen molar-refractivity contribution in [1.29, 1.82) is 0 Å². The van der Waals surface area contributed by atoms with Crippen LogP contribution in [0.4, 0.5) is 0 Å². The van der Waals surface area contributed by atoms with Crippen LogP contribution in [0.3, 0.4) is 0 Å². The number of ether oxygens (including phenoxy) is 4.